The second-order valence-corrected chi connectivity index (χ2v) is 10.1. The number of aromatic hydroxyl groups is 1. The highest BCUT2D eigenvalue weighted by atomic mass is 35.5. The lowest BCUT2D eigenvalue weighted by Gasteiger charge is -2.15. The highest BCUT2D eigenvalue weighted by Gasteiger charge is 2.44. The Balaban J connectivity index is 0.000000465. The van der Waals surface area contributed by atoms with Gasteiger partial charge in [0, 0.05) is 18.0 Å². The van der Waals surface area contributed by atoms with Gasteiger partial charge in [0.15, 0.2) is 9.84 Å². The molecule has 2 aromatic carbocycles. The smallest absolute Gasteiger partial charge is 0.394 e. The second kappa shape index (κ2) is 8.76. The van der Waals surface area contributed by atoms with E-state index in [-0.39, 0.29) is 32.9 Å². The van der Waals surface area contributed by atoms with Crippen molar-refractivity contribution in [2.45, 2.75) is 31.1 Å². The predicted octanol–water partition coefficient (Wildman–Crippen LogP) is 3.99. The number of ether oxygens (including phenoxy) is 1. The average molecular weight is 468 g/mol. The molecule has 3 N–H and O–H groups in total. The number of aryl methyl sites for hydroxylation is 1. The molecule has 0 radical (unpaired) electrons. The molecule has 8 nitrogen and oxygen atoms in total. The third-order valence-corrected chi connectivity index (χ3v) is 6.60. The van der Waals surface area contributed by atoms with Crippen LogP contribution in [0.1, 0.15) is 24.8 Å². The number of carbonyl (C=O) groups is 2. The van der Waals surface area contributed by atoms with Crippen molar-refractivity contribution < 1.29 is 33.0 Å². The molecule has 2 fully saturated rings. The number of phenolic OH excluding ortho intramolecular Hbond substituents is 1. The van der Waals surface area contributed by atoms with Crippen molar-refractivity contribution in [3.05, 3.63) is 40.9 Å². The molecule has 2 saturated carbocycles. The van der Waals surface area contributed by atoms with Gasteiger partial charge in [-0.1, -0.05) is 11.6 Å². The van der Waals surface area contributed by atoms with Gasteiger partial charge in [0.2, 0.25) is 0 Å². The third kappa shape index (κ3) is 5.68. The van der Waals surface area contributed by atoms with Gasteiger partial charge in [-0.15, -0.1) is 0 Å². The molecule has 4 rings (SSSR count). The molecule has 2 aliphatic carbocycles. The van der Waals surface area contributed by atoms with Crippen LogP contribution in [0.2, 0.25) is 5.02 Å². The maximum atomic E-state index is 11.9. The summed E-state index contributed by atoms with van der Waals surface area (Å²) in [4.78, 5) is 21.6. The summed E-state index contributed by atoms with van der Waals surface area (Å²) in [6.45, 7) is 1.58. The van der Waals surface area contributed by atoms with Crippen LogP contribution in [0.3, 0.4) is 0 Å². The number of aliphatic carboxylic acids is 1. The number of carboxylic acids is 1. The SMILES string of the molecule is C1CC2CC12.Cc1cc(NC(=O)C(=O)O)cc(Cl)c1Oc1ccc(O)cc1S(C)(=O)=O. The topological polar surface area (TPSA) is 130 Å². The second-order valence-electron chi connectivity index (χ2n) is 7.70. The standard InChI is InChI=1S/C16H14ClNO7S.C5H8/c1-8-5-9(18-15(20)16(21)22)6-11(17)14(8)25-12-4-3-10(19)7-13(12)26(2,23)24;1-2-5-3-4(1)5/h3-7,19H,1-2H3,(H,18,20)(H,21,22);4-5H,1-3H2. The summed E-state index contributed by atoms with van der Waals surface area (Å²) >= 11 is 6.12. The Morgan fingerprint density at radius 2 is 1.81 bits per heavy atom. The first-order chi connectivity index (χ1) is 14.5. The van der Waals surface area contributed by atoms with E-state index in [9.17, 15) is 23.1 Å². The Hall–Kier alpha value is -2.78. The number of nitrogens with one attached hydrogen (secondary N) is 1. The van der Waals surface area contributed by atoms with Crippen LogP contribution in [0, 0.1) is 18.8 Å². The van der Waals surface area contributed by atoms with Gasteiger partial charge in [0.05, 0.1) is 5.02 Å². The highest BCUT2D eigenvalue weighted by molar-refractivity contribution is 7.90. The number of hydrogen-bond acceptors (Lipinski definition) is 6. The van der Waals surface area contributed by atoms with E-state index < -0.39 is 21.7 Å². The quantitative estimate of drug-likeness (QED) is 0.579. The Morgan fingerprint density at radius 3 is 2.26 bits per heavy atom. The van der Waals surface area contributed by atoms with E-state index in [0.717, 1.165) is 12.3 Å². The van der Waals surface area contributed by atoms with Crippen LogP contribution < -0.4 is 10.1 Å². The zero-order valence-corrected chi connectivity index (χ0v) is 18.5. The number of anilines is 1. The Bertz CT molecular complexity index is 1110. The number of rotatable bonds is 4. The van der Waals surface area contributed by atoms with E-state index in [1.54, 1.807) is 26.2 Å². The summed E-state index contributed by atoms with van der Waals surface area (Å²) < 4.78 is 29.4. The van der Waals surface area contributed by atoms with Crippen LogP contribution >= 0.6 is 11.6 Å². The molecule has 0 aromatic heterocycles. The van der Waals surface area contributed by atoms with Gasteiger partial charge in [-0.3, -0.25) is 4.79 Å². The van der Waals surface area contributed by atoms with Crippen molar-refractivity contribution in [2.75, 3.05) is 11.6 Å². The summed E-state index contributed by atoms with van der Waals surface area (Å²) in [6.07, 6.45) is 5.67. The molecule has 2 atom stereocenters. The number of carboxylic acid groups (broad SMARTS) is 1. The van der Waals surface area contributed by atoms with E-state index in [0.29, 0.717) is 5.56 Å². The monoisotopic (exact) mass is 467 g/mol. The highest BCUT2D eigenvalue weighted by Crippen LogP contribution is 2.55. The molecule has 0 heterocycles. The number of carbonyl (C=O) groups excluding carboxylic acids is 1. The number of fused-ring (bicyclic) bond motifs is 1. The van der Waals surface area contributed by atoms with Gasteiger partial charge in [0.25, 0.3) is 0 Å². The van der Waals surface area contributed by atoms with Crippen LogP contribution in [0.5, 0.6) is 17.2 Å². The molecule has 2 unspecified atom stereocenters. The summed E-state index contributed by atoms with van der Waals surface area (Å²) in [7, 11) is -3.69. The lowest BCUT2D eigenvalue weighted by molar-refractivity contribution is -0.147. The van der Waals surface area contributed by atoms with E-state index >= 15 is 0 Å². The summed E-state index contributed by atoms with van der Waals surface area (Å²) in [5, 5.41) is 20.3. The van der Waals surface area contributed by atoms with Gasteiger partial charge in [-0.05, 0) is 67.9 Å². The molecule has 31 heavy (non-hydrogen) atoms. The zero-order chi connectivity index (χ0) is 22.9. The Morgan fingerprint density at radius 1 is 1.16 bits per heavy atom. The minimum atomic E-state index is -3.69. The van der Waals surface area contributed by atoms with Crippen LogP contribution in [0.15, 0.2) is 35.2 Å². The number of hydrogen-bond donors (Lipinski definition) is 3. The van der Waals surface area contributed by atoms with Crippen molar-refractivity contribution in [2.24, 2.45) is 11.8 Å². The number of sulfone groups is 1. The Kier molecular flexibility index (Phi) is 6.47. The first-order valence-corrected chi connectivity index (χ1v) is 11.8. The van der Waals surface area contributed by atoms with Gasteiger partial charge < -0.3 is 20.3 Å². The minimum absolute atomic E-state index is 0.0261. The van der Waals surface area contributed by atoms with Gasteiger partial charge in [-0.25, -0.2) is 13.2 Å². The molecule has 0 spiro atoms. The number of amides is 1. The molecule has 0 saturated heterocycles. The molecule has 2 aromatic rings. The molecule has 166 valence electrons. The molecule has 0 bridgehead atoms. The molecular weight excluding hydrogens is 446 g/mol. The van der Waals surface area contributed by atoms with Gasteiger partial charge in [-0.2, -0.15) is 0 Å². The van der Waals surface area contributed by atoms with Crippen LogP contribution in [-0.4, -0.2) is 36.8 Å². The average Bonchev–Trinajstić information content (AvgIpc) is 3.24. The van der Waals surface area contributed by atoms with Crippen molar-refractivity contribution in [3.8, 4) is 17.2 Å². The predicted molar refractivity (Wildman–Crippen MR) is 115 cm³/mol. The van der Waals surface area contributed by atoms with Crippen LogP contribution in [-0.2, 0) is 19.4 Å². The molecule has 10 heteroatoms. The maximum Gasteiger partial charge on any atom is 0.394 e. The number of benzene rings is 2. The van der Waals surface area contributed by atoms with E-state index in [1.807, 2.05) is 0 Å². The van der Waals surface area contributed by atoms with Crippen molar-refractivity contribution in [3.63, 3.8) is 0 Å². The fourth-order valence-electron chi connectivity index (χ4n) is 3.28. The normalized spacial score (nSPS) is 18.5. The van der Waals surface area contributed by atoms with E-state index in [4.69, 9.17) is 21.4 Å². The largest absolute Gasteiger partial charge is 0.508 e. The van der Waals surface area contributed by atoms with Crippen LogP contribution in [0.25, 0.3) is 0 Å². The lowest BCUT2D eigenvalue weighted by atomic mass is 10.0. The maximum absolute atomic E-state index is 11.9. The Labute approximate surface area is 184 Å². The van der Waals surface area contributed by atoms with Crippen molar-refractivity contribution in [1.82, 2.24) is 0 Å². The lowest BCUT2D eigenvalue weighted by Crippen LogP contribution is -2.21. The van der Waals surface area contributed by atoms with E-state index in [2.05, 4.69) is 5.32 Å². The molecule has 0 aliphatic heterocycles. The van der Waals surface area contributed by atoms with Crippen molar-refractivity contribution in [1.29, 1.82) is 0 Å². The first-order valence-electron chi connectivity index (χ1n) is 9.51. The summed E-state index contributed by atoms with van der Waals surface area (Å²) in [5.41, 5.74) is 0.562. The zero-order valence-electron chi connectivity index (χ0n) is 16.9. The van der Waals surface area contributed by atoms with Crippen LogP contribution in [0.4, 0.5) is 5.69 Å². The molecule has 1 amide bonds. The minimum Gasteiger partial charge on any atom is -0.508 e. The molecule has 2 aliphatic rings. The third-order valence-electron chi connectivity index (χ3n) is 5.20. The molecular formula is C21H22ClNO7S. The number of halogens is 1. The van der Waals surface area contributed by atoms with Crippen molar-refractivity contribution >= 4 is 39.0 Å². The summed E-state index contributed by atoms with van der Waals surface area (Å²) in [5.74, 6) is -0.585. The summed E-state index contributed by atoms with van der Waals surface area (Å²) in [6, 6.07) is 6.28. The van der Waals surface area contributed by atoms with Gasteiger partial charge >= 0.3 is 11.9 Å². The van der Waals surface area contributed by atoms with E-state index in [1.165, 1.54) is 36.1 Å². The van der Waals surface area contributed by atoms with Gasteiger partial charge in [0.1, 0.15) is 22.1 Å². The first kappa shape index (κ1) is 22.9. The number of phenols is 1. The fourth-order valence-corrected chi connectivity index (χ4v) is 4.40. The fraction of sp³-hybridized carbons (Fsp3) is 0.333.